The zero-order chi connectivity index (χ0) is 28.7. The number of aromatic amines is 1. The van der Waals surface area contributed by atoms with Crippen molar-refractivity contribution in [1.82, 2.24) is 30.1 Å². The number of hydrogen-bond donors (Lipinski definition) is 1. The average molecular weight is 539 g/mol. The van der Waals surface area contributed by atoms with Crippen molar-refractivity contribution in [3.05, 3.63) is 111 Å². The highest BCUT2D eigenvalue weighted by molar-refractivity contribution is 5.82. The number of tetrazole rings is 1. The molecule has 8 nitrogen and oxygen atoms in total. The molecule has 0 fully saturated rings. The van der Waals surface area contributed by atoms with Crippen molar-refractivity contribution in [2.75, 3.05) is 0 Å². The summed E-state index contributed by atoms with van der Waals surface area (Å²) in [7, 11) is 0. The van der Waals surface area contributed by atoms with Gasteiger partial charge in [-0.1, -0.05) is 63.2 Å². The monoisotopic (exact) mass is 538 g/mol. The predicted octanol–water partition coefficient (Wildman–Crippen LogP) is 6.26. The molecule has 0 bridgehead atoms. The van der Waals surface area contributed by atoms with E-state index in [9.17, 15) is 4.79 Å². The summed E-state index contributed by atoms with van der Waals surface area (Å²) in [4.78, 5) is 19.2. The van der Waals surface area contributed by atoms with Gasteiger partial charge in [0.2, 0.25) is 0 Å². The molecule has 0 saturated heterocycles. The van der Waals surface area contributed by atoms with E-state index in [0.717, 1.165) is 27.8 Å². The van der Waals surface area contributed by atoms with Gasteiger partial charge in [-0.05, 0) is 83.8 Å². The van der Waals surface area contributed by atoms with Crippen LogP contribution >= 0.6 is 0 Å². The number of aromatic nitrogens is 5. The Hall–Kier alpha value is -4.04. The summed E-state index contributed by atoms with van der Waals surface area (Å²) in [6.07, 6.45) is 1.67. The van der Waals surface area contributed by atoms with Gasteiger partial charge in [0.05, 0.1) is 23.9 Å². The molecule has 2 aromatic carbocycles. The first-order valence-corrected chi connectivity index (χ1v) is 13.7. The van der Waals surface area contributed by atoms with Gasteiger partial charge >= 0.3 is 0 Å². The lowest BCUT2D eigenvalue weighted by atomic mass is 9.86. The number of hydrogen-bond acceptors (Lipinski definition) is 6. The topological polar surface area (TPSA) is 92.8 Å². The van der Waals surface area contributed by atoms with Crippen LogP contribution in [0.4, 0.5) is 0 Å². The second kappa shape index (κ2) is 10.5. The van der Waals surface area contributed by atoms with Crippen molar-refractivity contribution in [3.63, 3.8) is 0 Å². The summed E-state index contributed by atoms with van der Waals surface area (Å²) in [5.41, 5.74) is 4.31. The fourth-order valence-electron chi connectivity index (χ4n) is 5.13. The maximum atomic E-state index is 13.8. The van der Waals surface area contributed by atoms with Crippen LogP contribution in [-0.2, 0) is 24.0 Å². The van der Waals surface area contributed by atoms with E-state index in [1.807, 2.05) is 48.0 Å². The van der Waals surface area contributed by atoms with E-state index in [1.165, 1.54) is 5.56 Å². The first-order valence-electron chi connectivity index (χ1n) is 13.7. The van der Waals surface area contributed by atoms with Gasteiger partial charge in [-0.25, -0.2) is 4.68 Å². The van der Waals surface area contributed by atoms with Gasteiger partial charge in [0.25, 0.3) is 5.56 Å². The van der Waals surface area contributed by atoms with Gasteiger partial charge in [-0.2, -0.15) is 0 Å². The van der Waals surface area contributed by atoms with Crippen molar-refractivity contribution in [2.24, 2.45) is 0 Å². The second-order valence-electron chi connectivity index (χ2n) is 12.5. The Balaban J connectivity index is 1.69. The number of nitrogens with zero attached hydrogens (tertiary/aromatic N) is 5. The minimum absolute atomic E-state index is 0.0558. The smallest absolute Gasteiger partial charge is 0.253 e. The highest BCUT2D eigenvalue weighted by atomic mass is 16.3. The SMILES string of the molecule is Cc1cccc2cc(C(c3nnnn3C(C)(C)C)N(Cc3ccc(C(C)(C)C)cc3)Cc3ccco3)c(=O)[nH]c12. The van der Waals surface area contributed by atoms with Crippen LogP contribution in [0.1, 0.15) is 81.4 Å². The van der Waals surface area contributed by atoms with Crippen LogP contribution in [0.3, 0.4) is 0 Å². The lowest BCUT2D eigenvalue weighted by molar-refractivity contribution is 0.171. The van der Waals surface area contributed by atoms with Crippen LogP contribution in [0.25, 0.3) is 10.9 Å². The molecular weight excluding hydrogens is 500 g/mol. The number of para-hydroxylation sites is 1. The number of fused-ring (bicyclic) bond motifs is 1. The van der Waals surface area contributed by atoms with Gasteiger partial charge < -0.3 is 9.40 Å². The van der Waals surface area contributed by atoms with Gasteiger partial charge in [0.1, 0.15) is 11.8 Å². The second-order valence-corrected chi connectivity index (χ2v) is 12.5. The highest BCUT2D eigenvalue weighted by Gasteiger charge is 2.34. The molecular formula is C32H38N6O2. The fraction of sp³-hybridized carbons (Fsp3) is 0.375. The summed E-state index contributed by atoms with van der Waals surface area (Å²) in [5.74, 6) is 1.39. The van der Waals surface area contributed by atoms with Crippen LogP contribution in [0.2, 0.25) is 0 Å². The molecule has 208 valence electrons. The molecule has 5 rings (SSSR count). The van der Waals surface area contributed by atoms with E-state index >= 15 is 0 Å². The fourth-order valence-corrected chi connectivity index (χ4v) is 5.13. The van der Waals surface area contributed by atoms with Crippen LogP contribution in [0.5, 0.6) is 0 Å². The van der Waals surface area contributed by atoms with E-state index in [2.05, 4.69) is 91.2 Å². The van der Waals surface area contributed by atoms with E-state index < -0.39 is 11.6 Å². The minimum atomic E-state index is -0.546. The summed E-state index contributed by atoms with van der Waals surface area (Å²) in [6, 6.07) is 20.0. The van der Waals surface area contributed by atoms with E-state index in [1.54, 1.807) is 6.26 Å². The Labute approximate surface area is 235 Å². The van der Waals surface area contributed by atoms with E-state index in [0.29, 0.717) is 24.5 Å². The molecule has 1 atom stereocenters. The van der Waals surface area contributed by atoms with Crippen LogP contribution < -0.4 is 5.56 Å². The van der Waals surface area contributed by atoms with Crippen molar-refractivity contribution in [2.45, 2.75) is 78.6 Å². The maximum absolute atomic E-state index is 13.8. The Morgan fingerprint density at radius 2 is 1.73 bits per heavy atom. The van der Waals surface area contributed by atoms with Gasteiger partial charge in [-0.3, -0.25) is 9.69 Å². The lowest BCUT2D eigenvalue weighted by Gasteiger charge is -2.32. The molecule has 0 aliphatic rings. The third-order valence-corrected chi connectivity index (χ3v) is 7.29. The molecule has 0 amide bonds. The number of nitrogens with one attached hydrogen (secondary N) is 1. The average Bonchev–Trinajstić information content (AvgIpc) is 3.57. The number of H-pyrrole nitrogens is 1. The number of furan rings is 1. The zero-order valence-electron chi connectivity index (χ0n) is 24.4. The van der Waals surface area contributed by atoms with Crippen molar-refractivity contribution in [3.8, 4) is 0 Å². The summed E-state index contributed by atoms with van der Waals surface area (Å²) in [6.45, 7) is 15.8. The molecule has 0 aliphatic carbocycles. The van der Waals surface area contributed by atoms with Gasteiger partial charge in [0.15, 0.2) is 5.82 Å². The molecule has 0 spiro atoms. The Morgan fingerprint density at radius 3 is 2.38 bits per heavy atom. The number of rotatable bonds is 7. The molecule has 5 aromatic rings. The van der Waals surface area contributed by atoms with Crippen LogP contribution in [0, 0.1) is 6.92 Å². The minimum Gasteiger partial charge on any atom is -0.468 e. The predicted molar refractivity (Wildman–Crippen MR) is 157 cm³/mol. The summed E-state index contributed by atoms with van der Waals surface area (Å²) < 4.78 is 7.61. The maximum Gasteiger partial charge on any atom is 0.253 e. The van der Waals surface area contributed by atoms with Gasteiger partial charge in [-0.15, -0.1) is 5.10 Å². The van der Waals surface area contributed by atoms with E-state index in [-0.39, 0.29) is 11.0 Å². The van der Waals surface area contributed by atoms with Crippen molar-refractivity contribution >= 4 is 10.9 Å². The quantitative estimate of drug-likeness (QED) is 0.263. The molecule has 3 heterocycles. The molecule has 0 saturated carbocycles. The first-order chi connectivity index (χ1) is 18.9. The normalized spacial score (nSPS) is 13.3. The Bertz CT molecular complexity index is 1650. The lowest BCUT2D eigenvalue weighted by Crippen LogP contribution is -2.37. The molecule has 1 unspecified atom stereocenters. The number of benzene rings is 2. The zero-order valence-corrected chi connectivity index (χ0v) is 24.4. The van der Waals surface area contributed by atoms with Gasteiger partial charge in [0, 0.05) is 12.1 Å². The van der Waals surface area contributed by atoms with Crippen molar-refractivity contribution < 1.29 is 4.42 Å². The largest absolute Gasteiger partial charge is 0.468 e. The third kappa shape index (κ3) is 5.63. The summed E-state index contributed by atoms with van der Waals surface area (Å²) in [5, 5.41) is 13.9. The standard InChI is InChI=1S/C32H38N6O2/c1-21-10-8-11-23-18-26(30(39)33-27(21)23)28(29-34-35-36-38(29)32(5,6)7)37(20-25-12-9-17-40-25)19-22-13-15-24(16-14-22)31(2,3)4/h8-18,28H,19-20H2,1-7H3,(H,33,39). The van der Waals surface area contributed by atoms with Crippen LogP contribution in [-0.4, -0.2) is 30.1 Å². The first kappa shape index (κ1) is 27.5. The molecule has 0 aliphatic heterocycles. The molecule has 1 N–H and O–H groups in total. The number of pyridine rings is 1. The Kier molecular flexibility index (Phi) is 7.23. The van der Waals surface area contributed by atoms with Crippen LogP contribution in [0.15, 0.2) is 76.1 Å². The molecule has 0 radical (unpaired) electrons. The number of aryl methyl sites for hydroxylation is 1. The molecule has 40 heavy (non-hydrogen) atoms. The highest BCUT2D eigenvalue weighted by Crippen LogP contribution is 2.33. The van der Waals surface area contributed by atoms with E-state index in [4.69, 9.17) is 4.42 Å². The molecule has 3 aromatic heterocycles. The van der Waals surface area contributed by atoms with Crippen molar-refractivity contribution in [1.29, 1.82) is 0 Å². The Morgan fingerprint density at radius 1 is 0.975 bits per heavy atom. The summed E-state index contributed by atoms with van der Waals surface area (Å²) >= 11 is 0. The third-order valence-electron chi connectivity index (χ3n) is 7.29. The molecule has 8 heteroatoms.